The molecule has 1 heterocycles. The number of benzene rings is 3. The van der Waals surface area contributed by atoms with Gasteiger partial charge in [0.15, 0.2) is 11.5 Å². The van der Waals surface area contributed by atoms with Crippen molar-refractivity contribution >= 4 is 18.7 Å². The van der Waals surface area contributed by atoms with E-state index >= 15 is 0 Å². The van der Waals surface area contributed by atoms with Crippen molar-refractivity contribution in [1.82, 2.24) is 0 Å². The van der Waals surface area contributed by atoms with Crippen LogP contribution in [0.15, 0.2) is 78.9 Å². The highest BCUT2D eigenvalue weighted by atomic mass is 28.4. The van der Waals surface area contributed by atoms with E-state index < -0.39 is 26.1 Å². The van der Waals surface area contributed by atoms with Crippen LogP contribution in [0.25, 0.3) is 0 Å². The normalized spacial score (nSPS) is 18.8. The van der Waals surface area contributed by atoms with Gasteiger partial charge >= 0.3 is 0 Å². The van der Waals surface area contributed by atoms with Crippen LogP contribution in [0.5, 0.6) is 11.5 Å². The highest BCUT2D eigenvalue weighted by Crippen LogP contribution is 2.38. The maximum atomic E-state index is 11.3. The van der Waals surface area contributed by atoms with Gasteiger partial charge < -0.3 is 28.5 Å². The van der Waals surface area contributed by atoms with E-state index in [1.54, 1.807) is 14.2 Å². The number of hydrogen-bond acceptors (Lipinski definition) is 6. The fourth-order valence-electron chi connectivity index (χ4n) is 5.27. The Morgan fingerprint density at radius 1 is 0.897 bits per heavy atom. The highest BCUT2D eigenvalue weighted by Gasteiger charge is 2.52. The monoisotopic (exact) mass is 550 g/mol. The maximum Gasteiger partial charge on any atom is 0.261 e. The molecule has 1 fully saturated rings. The molecule has 3 aromatic rings. The van der Waals surface area contributed by atoms with E-state index in [1.165, 1.54) is 10.4 Å². The first-order valence-corrected chi connectivity index (χ1v) is 15.4. The van der Waals surface area contributed by atoms with Gasteiger partial charge in [0.2, 0.25) is 0 Å². The van der Waals surface area contributed by atoms with Crippen LogP contribution in [0.2, 0.25) is 5.04 Å². The zero-order valence-electron chi connectivity index (χ0n) is 24.0. The first-order chi connectivity index (χ1) is 18.6. The molecular weight excluding hydrogens is 508 g/mol. The van der Waals surface area contributed by atoms with E-state index in [2.05, 4.69) is 69.3 Å². The molecule has 0 spiro atoms. The summed E-state index contributed by atoms with van der Waals surface area (Å²) in [6.45, 7) is 9.98. The van der Waals surface area contributed by atoms with E-state index in [-0.39, 0.29) is 5.04 Å². The summed E-state index contributed by atoms with van der Waals surface area (Å²) < 4.78 is 29.8. The van der Waals surface area contributed by atoms with Crippen LogP contribution in [-0.2, 0) is 20.5 Å². The first kappa shape index (κ1) is 29.3. The molecule has 0 unspecified atom stereocenters. The first-order valence-electron chi connectivity index (χ1n) is 13.5. The summed E-state index contributed by atoms with van der Waals surface area (Å²) in [7, 11) is 0.537. The van der Waals surface area contributed by atoms with Gasteiger partial charge in [-0.25, -0.2) is 0 Å². The predicted octanol–water partition coefficient (Wildman–Crippen LogP) is 4.71. The Balaban J connectivity index is 1.57. The second-order valence-electron chi connectivity index (χ2n) is 11.4. The second-order valence-corrected chi connectivity index (χ2v) is 15.7. The average molecular weight is 551 g/mol. The van der Waals surface area contributed by atoms with Gasteiger partial charge in [-0.05, 0) is 46.5 Å². The number of ether oxygens (including phenoxy) is 4. The number of epoxide rings is 1. The smallest absolute Gasteiger partial charge is 0.261 e. The topological polar surface area (TPSA) is 69.7 Å². The minimum atomic E-state index is -2.69. The SMILES string of the molecule is COc1ccc(CO[C@@H](CCO[Si](c2ccccc2)(c2ccccc2)C(C)(C)C)[C@H](O)[C@@]2(C)CO2)cc1OC. The Morgan fingerprint density at radius 2 is 1.46 bits per heavy atom. The fraction of sp³-hybridized carbons (Fsp3) is 0.438. The van der Waals surface area contributed by atoms with Crippen molar-refractivity contribution in [2.24, 2.45) is 0 Å². The van der Waals surface area contributed by atoms with Gasteiger partial charge in [-0.3, -0.25) is 0 Å². The summed E-state index contributed by atoms with van der Waals surface area (Å²) in [5.41, 5.74) is 0.333. The Labute approximate surface area is 234 Å². The predicted molar refractivity (Wildman–Crippen MR) is 157 cm³/mol. The third kappa shape index (κ3) is 6.39. The molecular formula is C32H42O6Si. The van der Waals surface area contributed by atoms with Crippen LogP contribution in [0.1, 0.15) is 39.7 Å². The molecule has 0 saturated carbocycles. The molecule has 1 aliphatic heterocycles. The Bertz CT molecular complexity index is 1150. The number of rotatable bonds is 13. The van der Waals surface area contributed by atoms with Crippen LogP contribution in [0, 0.1) is 0 Å². The van der Waals surface area contributed by atoms with Gasteiger partial charge in [0.05, 0.1) is 33.5 Å². The lowest BCUT2D eigenvalue weighted by atomic mass is 9.98. The summed E-state index contributed by atoms with van der Waals surface area (Å²) >= 11 is 0. The van der Waals surface area contributed by atoms with Crippen LogP contribution in [-0.4, -0.2) is 58.7 Å². The molecule has 1 aliphatic rings. The molecule has 0 aromatic heterocycles. The van der Waals surface area contributed by atoms with Crippen molar-refractivity contribution in [1.29, 1.82) is 0 Å². The summed E-state index contributed by atoms with van der Waals surface area (Å²) in [4.78, 5) is 0. The van der Waals surface area contributed by atoms with Crippen molar-refractivity contribution < 1.29 is 28.5 Å². The van der Waals surface area contributed by atoms with Crippen molar-refractivity contribution in [3.63, 3.8) is 0 Å². The minimum Gasteiger partial charge on any atom is -0.493 e. The van der Waals surface area contributed by atoms with Crippen LogP contribution < -0.4 is 19.8 Å². The molecule has 1 N–H and O–H groups in total. The average Bonchev–Trinajstić information content (AvgIpc) is 3.70. The van der Waals surface area contributed by atoms with E-state index in [0.717, 1.165) is 5.56 Å². The summed E-state index contributed by atoms with van der Waals surface area (Å²) in [5.74, 6) is 1.30. The van der Waals surface area contributed by atoms with Gasteiger partial charge in [0.1, 0.15) is 11.7 Å². The van der Waals surface area contributed by atoms with Gasteiger partial charge in [0.25, 0.3) is 8.32 Å². The van der Waals surface area contributed by atoms with Crippen molar-refractivity contribution in [2.45, 2.75) is 63.6 Å². The largest absolute Gasteiger partial charge is 0.493 e. The lowest BCUT2D eigenvalue weighted by molar-refractivity contribution is -0.0810. The van der Waals surface area contributed by atoms with Crippen LogP contribution in [0.3, 0.4) is 0 Å². The molecule has 0 bridgehead atoms. The molecule has 4 rings (SSSR count). The van der Waals surface area contributed by atoms with E-state index in [4.69, 9.17) is 23.4 Å². The Morgan fingerprint density at radius 3 is 1.95 bits per heavy atom. The van der Waals surface area contributed by atoms with Gasteiger partial charge in [-0.15, -0.1) is 0 Å². The second kappa shape index (κ2) is 12.2. The van der Waals surface area contributed by atoms with Gasteiger partial charge in [0, 0.05) is 6.61 Å². The van der Waals surface area contributed by atoms with Crippen LogP contribution >= 0.6 is 0 Å². The minimum absolute atomic E-state index is 0.129. The summed E-state index contributed by atoms with van der Waals surface area (Å²) in [6.07, 6.45) is -0.720. The zero-order valence-corrected chi connectivity index (χ0v) is 25.0. The van der Waals surface area contributed by atoms with Crippen molar-refractivity contribution in [3.05, 3.63) is 84.4 Å². The standard InChI is InChI=1S/C32H42O6Si/c1-31(2,3)39(25-13-9-7-10-14-25,26-15-11-8-12-16-26)38-20-19-28(30(33)32(4)23-37-32)36-22-24-17-18-27(34-5)29(21-24)35-6/h7-18,21,28,30,33H,19-20,22-23H2,1-6H3/t28-,30-,32+/m0/s1. The molecule has 1 saturated heterocycles. The Kier molecular flexibility index (Phi) is 9.19. The van der Waals surface area contributed by atoms with Crippen molar-refractivity contribution in [2.75, 3.05) is 27.4 Å². The summed E-state index contributed by atoms with van der Waals surface area (Å²) in [6, 6.07) is 26.9. The molecule has 7 heteroatoms. The maximum absolute atomic E-state index is 11.3. The number of aliphatic hydroxyl groups excluding tert-OH is 1. The van der Waals surface area contributed by atoms with Crippen molar-refractivity contribution in [3.8, 4) is 11.5 Å². The zero-order chi connectivity index (χ0) is 28.1. The number of methoxy groups -OCH3 is 2. The molecule has 3 aromatic carbocycles. The van der Waals surface area contributed by atoms with Gasteiger partial charge in [-0.1, -0.05) is 87.5 Å². The number of aliphatic hydroxyl groups is 1. The molecule has 6 nitrogen and oxygen atoms in total. The summed E-state index contributed by atoms with van der Waals surface area (Å²) in [5, 5.41) is 13.6. The van der Waals surface area contributed by atoms with E-state index in [9.17, 15) is 5.11 Å². The third-order valence-electron chi connectivity index (χ3n) is 7.63. The highest BCUT2D eigenvalue weighted by molar-refractivity contribution is 6.99. The Hall–Kier alpha value is -2.68. The lowest BCUT2D eigenvalue weighted by Gasteiger charge is -2.43. The molecule has 0 radical (unpaired) electrons. The van der Waals surface area contributed by atoms with E-state index in [0.29, 0.717) is 37.7 Å². The molecule has 3 atom stereocenters. The quantitative estimate of drug-likeness (QED) is 0.246. The number of hydrogen-bond donors (Lipinski definition) is 1. The molecule has 39 heavy (non-hydrogen) atoms. The molecule has 0 aliphatic carbocycles. The van der Waals surface area contributed by atoms with Gasteiger partial charge in [-0.2, -0.15) is 0 Å². The lowest BCUT2D eigenvalue weighted by Crippen LogP contribution is -2.66. The fourth-order valence-corrected chi connectivity index (χ4v) is 9.85. The third-order valence-corrected chi connectivity index (χ3v) is 12.7. The molecule has 210 valence electrons. The van der Waals surface area contributed by atoms with Crippen LogP contribution in [0.4, 0.5) is 0 Å². The van der Waals surface area contributed by atoms with E-state index in [1.807, 2.05) is 37.3 Å². The molecule has 0 amide bonds.